The second-order valence-electron chi connectivity index (χ2n) is 13.4. The van der Waals surface area contributed by atoms with Crippen molar-refractivity contribution in [3.8, 4) is 78.8 Å². The molecule has 0 radical (unpaired) electrons. The molecule has 0 amide bonds. The molecule has 7 aromatic carbocycles. The van der Waals surface area contributed by atoms with Crippen molar-refractivity contribution in [1.29, 1.82) is 0 Å². The highest BCUT2D eigenvalue weighted by molar-refractivity contribution is 6.15. The molecule has 0 bridgehead atoms. The van der Waals surface area contributed by atoms with E-state index < -0.39 is 0 Å². The molecular weight excluding hydrogens is 649 g/mol. The van der Waals surface area contributed by atoms with Crippen LogP contribution in [-0.2, 0) is 0 Å². The Morgan fingerprint density at radius 3 is 1.92 bits per heavy atom. The minimum absolute atomic E-state index is 0.593. The molecule has 1 aliphatic carbocycles. The van der Waals surface area contributed by atoms with Crippen LogP contribution in [0.2, 0.25) is 0 Å². The number of fused-ring (bicyclic) bond motifs is 6. The Balaban J connectivity index is 1.08. The smallest absolute Gasteiger partial charge is 0.164 e. The molecule has 53 heavy (non-hydrogen) atoms. The van der Waals surface area contributed by atoms with E-state index in [2.05, 4.69) is 121 Å². The van der Waals surface area contributed by atoms with E-state index >= 15 is 0 Å². The van der Waals surface area contributed by atoms with Gasteiger partial charge >= 0.3 is 0 Å². The molecule has 0 aliphatic heterocycles. The molecule has 3 heterocycles. The molecule has 1 aliphatic rings. The van der Waals surface area contributed by atoms with Crippen molar-refractivity contribution in [2.45, 2.75) is 0 Å². The number of hydrogen-bond acceptors (Lipinski definition) is 5. The summed E-state index contributed by atoms with van der Waals surface area (Å²) in [5, 5.41) is 4.47. The van der Waals surface area contributed by atoms with Gasteiger partial charge in [0.25, 0.3) is 0 Å². The van der Waals surface area contributed by atoms with E-state index in [-0.39, 0.29) is 0 Å². The molecule has 11 rings (SSSR count). The third-order valence-corrected chi connectivity index (χ3v) is 10.3. The molecule has 0 spiro atoms. The van der Waals surface area contributed by atoms with Crippen molar-refractivity contribution in [3.05, 3.63) is 170 Å². The van der Waals surface area contributed by atoms with Crippen LogP contribution in [0.15, 0.2) is 174 Å². The summed E-state index contributed by atoms with van der Waals surface area (Å²) >= 11 is 0. The summed E-state index contributed by atoms with van der Waals surface area (Å²) < 4.78 is 6.26. The molecule has 3 aromatic heterocycles. The number of hydrogen-bond donors (Lipinski definition) is 0. The second-order valence-corrected chi connectivity index (χ2v) is 13.4. The maximum atomic E-state index is 6.26. The van der Waals surface area contributed by atoms with E-state index in [1.54, 1.807) is 0 Å². The van der Waals surface area contributed by atoms with Gasteiger partial charge in [0.05, 0.1) is 5.69 Å². The highest BCUT2D eigenvalue weighted by Crippen LogP contribution is 2.47. The first-order chi connectivity index (χ1) is 26.2. The molecule has 0 atom stereocenters. The fraction of sp³-hybridized carbons (Fsp3) is 0. The SMILES string of the molecule is c1ccc(-c2ccc(-c3nc(-c4cccc(-c5cc6c7c(cccc7c5)-c5ncccc5-6)c4)nc(-c4cccc5oc6ccccc6c45)n3)cc2)cc1. The van der Waals surface area contributed by atoms with Crippen LogP contribution in [0.3, 0.4) is 0 Å². The monoisotopic (exact) mass is 676 g/mol. The lowest BCUT2D eigenvalue weighted by Crippen LogP contribution is -2.00. The minimum Gasteiger partial charge on any atom is -0.456 e. The fourth-order valence-corrected chi connectivity index (χ4v) is 7.84. The molecule has 10 aromatic rings. The van der Waals surface area contributed by atoms with Gasteiger partial charge in [-0.25, -0.2) is 15.0 Å². The molecule has 0 unspecified atom stereocenters. The zero-order chi connectivity index (χ0) is 34.9. The molecule has 5 nitrogen and oxygen atoms in total. The van der Waals surface area contributed by atoms with Gasteiger partial charge < -0.3 is 4.42 Å². The number of benzene rings is 7. The number of aromatic nitrogens is 4. The van der Waals surface area contributed by atoms with Crippen LogP contribution in [0.1, 0.15) is 0 Å². The summed E-state index contributed by atoms with van der Waals surface area (Å²) in [6.45, 7) is 0. The lowest BCUT2D eigenvalue weighted by molar-refractivity contribution is 0.669. The molecule has 246 valence electrons. The van der Waals surface area contributed by atoms with Gasteiger partial charge in [0, 0.05) is 44.8 Å². The Labute approximate surface area is 304 Å². The molecule has 0 saturated heterocycles. The van der Waals surface area contributed by atoms with Crippen LogP contribution >= 0.6 is 0 Å². The standard InChI is InChI=1S/C48H28N4O/c1-2-10-29(11-3-1)30-21-23-31(24-22-30)46-50-47(52-48(51-46)39-17-8-20-42-44(39)37-15-4-5-19-41(37)53-42)34-14-6-12-32(26-34)35-27-33-13-7-16-38-43(33)40(28-35)36-18-9-25-49-45(36)38/h1-28H. The Morgan fingerprint density at radius 2 is 1.02 bits per heavy atom. The van der Waals surface area contributed by atoms with E-state index in [1.807, 2.05) is 48.7 Å². The zero-order valence-corrected chi connectivity index (χ0v) is 28.4. The van der Waals surface area contributed by atoms with E-state index in [1.165, 1.54) is 27.5 Å². The van der Waals surface area contributed by atoms with E-state index in [0.29, 0.717) is 17.5 Å². The maximum Gasteiger partial charge on any atom is 0.164 e. The largest absolute Gasteiger partial charge is 0.456 e. The topological polar surface area (TPSA) is 64.7 Å². The Hall–Kier alpha value is -7.24. The van der Waals surface area contributed by atoms with Crippen LogP contribution in [-0.4, -0.2) is 19.9 Å². The van der Waals surface area contributed by atoms with Gasteiger partial charge in [-0.1, -0.05) is 127 Å². The molecule has 5 heteroatoms. The van der Waals surface area contributed by atoms with Crippen molar-refractivity contribution in [3.63, 3.8) is 0 Å². The van der Waals surface area contributed by atoms with Crippen molar-refractivity contribution >= 4 is 32.7 Å². The number of para-hydroxylation sites is 1. The molecule has 0 N–H and O–H groups in total. The lowest BCUT2D eigenvalue weighted by Gasteiger charge is -2.12. The lowest BCUT2D eigenvalue weighted by atomic mass is 9.95. The summed E-state index contributed by atoms with van der Waals surface area (Å²) in [7, 11) is 0. The third kappa shape index (κ3) is 4.79. The third-order valence-electron chi connectivity index (χ3n) is 10.3. The predicted molar refractivity (Wildman–Crippen MR) is 214 cm³/mol. The van der Waals surface area contributed by atoms with Gasteiger partial charge in [0.2, 0.25) is 0 Å². The van der Waals surface area contributed by atoms with Gasteiger partial charge in [-0.05, 0) is 75.0 Å². The van der Waals surface area contributed by atoms with Gasteiger partial charge in [0.15, 0.2) is 17.5 Å². The Kier molecular flexibility index (Phi) is 6.48. The predicted octanol–water partition coefficient (Wildman–Crippen LogP) is 12.3. The number of rotatable bonds is 5. The van der Waals surface area contributed by atoms with Gasteiger partial charge in [-0.3, -0.25) is 4.98 Å². The normalized spacial score (nSPS) is 11.8. The Bertz CT molecular complexity index is 3060. The van der Waals surface area contributed by atoms with Crippen LogP contribution in [0.4, 0.5) is 0 Å². The first kappa shape index (κ1) is 29.5. The van der Waals surface area contributed by atoms with Crippen molar-refractivity contribution in [2.75, 3.05) is 0 Å². The average molecular weight is 677 g/mol. The zero-order valence-electron chi connectivity index (χ0n) is 28.4. The summed E-state index contributed by atoms with van der Waals surface area (Å²) in [6, 6.07) is 56.8. The minimum atomic E-state index is 0.593. The molecule has 0 saturated carbocycles. The first-order valence-electron chi connectivity index (χ1n) is 17.7. The van der Waals surface area contributed by atoms with Crippen LogP contribution in [0.5, 0.6) is 0 Å². The Morgan fingerprint density at radius 1 is 0.358 bits per heavy atom. The molecule has 0 fully saturated rings. The van der Waals surface area contributed by atoms with Gasteiger partial charge in [-0.15, -0.1) is 0 Å². The van der Waals surface area contributed by atoms with Gasteiger partial charge in [0.1, 0.15) is 11.2 Å². The highest BCUT2D eigenvalue weighted by Gasteiger charge is 2.23. The first-order valence-corrected chi connectivity index (χ1v) is 17.7. The second kappa shape index (κ2) is 11.7. The summed E-state index contributed by atoms with van der Waals surface area (Å²) in [6.07, 6.45) is 1.87. The number of furan rings is 1. The van der Waals surface area contributed by atoms with Crippen molar-refractivity contribution < 1.29 is 4.42 Å². The van der Waals surface area contributed by atoms with Crippen LogP contribution < -0.4 is 0 Å². The van der Waals surface area contributed by atoms with E-state index in [9.17, 15) is 0 Å². The van der Waals surface area contributed by atoms with E-state index in [0.717, 1.165) is 66.6 Å². The van der Waals surface area contributed by atoms with Crippen molar-refractivity contribution in [2.24, 2.45) is 0 Å². The summed E-state index contributed by atoms with van der Waals surface area (Å²) in [5.41, 5.74) is 13.5. The maximum absolute atomic E-state index is 6.26. The quantitative estimate of drug-likeness (QED) is 0.181. The van der Waals surface area contributed by atoms with E-state index in [4.69, 9.17) is 24.4 Å². The highest BCUT2D eigenvalue weighted by atomic mass is 16.3. The summed E-state index contributed by atoms with van der Waals surface area (Å²) in [4.78, 5) is 20.2. The average Bonchev–Trinajstić information content (AvgIpc) is 3.78. The number of pyridine rings is 1. The fourth-order valence-electron chi connectivity index (χ4n) is 7.84. The summed E-state index contributed by atoms with van der Waals surface area (Å²) in [5.74, 6) is 1.80. The van der Waals surface area contributed by atoms with Gasteiger partial charge in [-0.2, -0.15) is 0 Å². The van der Waals surface area contributed by atoms with Crippen LogP contribution in [0, 0.1) is 0 Å². The van der Waals surface area contributed by atoms with Crippen LogP contribution in [0.25, 0.3) is 112 Å². The number of nitrogens with zero attached hydrogens (tertiary/aromatic N) is 4. The van der Waals surface area contributed by atoms with Crippen molar-refractivity contribution in [1.82, 2.24) is 19.9 Å². The molecular formula is C48H28N4O.